The van der Waals surface area contributed by atoms with Crippen molar-refractivity contribution >= 4 is 0 Å². The Morgan fingerprint density at radius 1 is 0.931 bits per heavy atom. The summed E-state index contributed by atoms with van der Waals surface area (Å²) in [5.74, 6) is 3.44. The van der Waals surface area contributed by atoms with Crippen molar-refractivity contribution < 1.29 is 14.2 Å². The van der Waals surface area contributed by atoms with Crippen LogP contribution >= 0.6 is 0 Å². The quantitative estimate of drug-likeness (QED) is 0.565. The molecule has 1 aliphatic heterocycles. The lowest BCUT2D eigenvalue weighted by Crippen LogP contribution is -2.35. The van der Waals surface area contributed by atoms with Crippen LogP contribution in [0.2, 0.25) is 0 Å². The molecule has 0 saturated carbocycles. The first kappa shape index (κ1) is 21.5. The van der Waals surface area contributed by atoms with Crippen molar-refractivity contribution in [1.82, 2.24) is 4.90 Å². The molecule has 29 heavy (non-hydrogen) atoms. The minimum Gasteiger partial charge on any atom is -0.493 e. The second-order valence-corrected chi connectivity index (χ2v) is 7.82. The average molecular weight is 398 g/mol. The van der Waals surface area contributed by atoms with Gasteiger partial charge in [0, 0.05) is 6.54 Å². The SMILES string of the molecule is CCc1ccccc1OCCC1CCN(CCc2ccc(OC)c(OC)c2)CC1. The van der Waals surface area contributed by atoms with Crippen LogP contribution in [0.3, 0.4) is 0 Å². The standard InChI is InChI=1S/C25H35NO3/c1-4-22-7-5-6-8-23(22)29-18-14-20-11-15-26(16-12-20)17-13-21-9-10-24(27-2)25(19-21)28-3/h5-10,19-20H,4,11-18H2,1-3H3. The van der Waals surface area contributed by atoms with Crippen LogP contribution in [0.25, 0.3) is 0 Å². The maximum absolute atomic E-state index is 6.07. The van der Waals surface area contributed by atoms with Gasteiger partial charge in [0.25, 0.3) is 0 Å². The highest BCUT2D eigenvalue weighted by Gasteiger charge is 2.19. The highest BCUT2D eigenvalue weighted by atomic mass is 16.5. The monoisotopic (exact) mass is 397 g/mol. The molecule has 1 fully saturated rings. The Morgan fingerprint density at radius 2 is 1.69 bits per heavy atom. The predicted octanol–water partition coefficient (Wildman–Crippen LogP) is 4.99. The van der Waals surface area contributed by atoms with Gasteiger partial charge in [0.1, 0.15) is 5.75 Å². The molecule has 4 heteroatoms. The Hall–Kier alpha value is -2.20. The van der Waals surface area contributed by atoms with Crippen LogP contribution in [0, 0.1) is 5.92 Å². The molecule has 4 nitrogen and oxygen atoms in total. The number of para-hydroxylation sites is 1. The number of likely N-dealkylation sites (tertiary alicyclic amines) is 1. The summed E-state index contributed by atoms with van der Waals surface area (Å²) < 4.78 is 16.8. The van der Waals surface area contributed by atoms with Crippen LogP contribution in [0.4, 0.5) is 0 Å². The van der Waals surface area contributed by atoms with Crippen molar-refractivity contribution in [2.24, 2.45) is 5.92 Å². The van der Waals surface area contributed by atoms with Gasteiger partial charge in [-0.2, -0.15) is 0 Å². The van der Waals surface area contributed by atoms with Crippen molar-refractivity contribution in [2.75, 3.05) is 40.5 Å². The normalized spacial score (nSPS) is 15.3. The Kier molecular flexibility index (Phi) is 8.24. The van der Waals surface area contributed by atoms with Gasteiger partial charge in [-0.1, -0.05) is 31.2 Å². The lowest BCUT2D eigenvalue weighted by molar-refractivity contribution is 0.164. The summed E-state index contributed by atoms with van der Waals surface area (Å²) in [7, 11) is 3.37. The molecule has 1 heterocycles. The van der Waals surface area contributed by atoms with Gasteiger partial charge in [0.15, 0.2) is 11.5 Å². The van der Waals surface area contributed by atoms with Crippen LogP contribution in [-0.2, 0) is 12.8 Å². The van der Waals surface area contributed by atoms with Gasteiger partial charge in [0.2, 0.25) is 0 Å². The smallest absolute Gasteiger partial charge is 0.160 e. The average Bonchev–Trinajstić information content (AvgIpc) is 2.78. The number of ether oxygens (including phenoxy) is 3. The van der Waals surface area contributed by atoms with E-state index in [1.54, 1.807) is 14.2 Å². The van der Waals surface area contributed by atoms with Gasteiger partial charge in [-0.25, -0.2) is 0 Å². The molecule has 1 saturated heterocycles. The van der Waals surface area contributed by atoms with E-state index < -0.39 is 0 Å². The molecule has 0 radical (unpaired) electrons. The molecule has 0 amide bonds. The van der Waals surface area contributed by atoms with E-state index in [2.05, 4.69) is 48.2 Å². The van der Waals surface area contributed by atoms with E-state index in [9.17, 15) is 0 Å². The van der Waals surface area contributed by atoms with Gasteiger partial charge in [0.05, 0.1) is 20.8 Å². The third-order valence-electron chi connectivity index (χ3n) is 6.01. The Bertz CT molecular complexity index is 753. The van der Waals surface area contributed by atoms with Crippen molar-refractivity contribution in [3.05, 3.63) is 53.6 Å². The maximum atomic E-state index is 6.07. The van der Waals surface area contributed by atoms with E-state index in [1.165, 1.54) is 37.1 Å². The minimum atomic E-state index is 0.779. The number of nitrogens with zero attached hydrogens (tertiary/aromatic N) is 1. The first-order valence-electron chi connectivity index (χ1n) is 10.9. The van der Waals surface area contributed by atoms with E-state index in [4.69, 9.17) is 14.2 Å². The van der Waals surface area contributed by atoms with Gasteiger partial charge >= 0.3 is 0 Å². The molecule has 0 spiro atoms. The number of piperidine rings is 1. The van der Waals surface area contributed by atoms with Crippen LogP contribution in [0.1, 0.15) is 37.3 Å². The van der Waals surface area contributed by atoms with Gasteiger partial charge < -0.3 is 19.1 Å². The number of methoxy groups -OCH3 is 2. The highest BCUT2D eigenvalue weighted by Crippen LogP contribution is 2.28. The van der Waals surface area contributed by atoms with Crippen molar-refractivity contribution in [1.29, 1.82) is 0 Å². The van der Waals surface area contributed by atoms with Gasteiger partial charge in [-0.05, 0) is 80.4 Å². The number of hydrogen-bond donors (Lipinski definition) is 0. The van der Waals surface area contributed by atoms with E-state index in [0.29, 0.717) is 0 Å². The number of rotatable bonds is 10. The van der Waals surface area contributed by atoms with E-state index >= 15 is 0 Å². The zero-order valence-corrected chi connectivity index (χ0v) is 18.2. The molecule has 3 rings (SSSR count). The zero-order chi connectivity index (χ0) is 20.5. The van der Waals surface area contributed by atoms with Crippen molar-refractivity contribution in [3.8, 4) is 17.2 Å². The first-order chi connectivity index (χ1) is 14.2. The third-order valence-corrected chi connectivity index (χ3v) is 6.01. The van der Waals surface area contributed by atoms with Crippen LogP contribution in [0.5, 0.6) is 17.2 Å². The predicted molar refractivity (Wildman–Crippen MR) is 118 cm³/mol. The fraction of sp³-hybridized carbons (Fsp3) is 0.520. The van der Waals surface area contributed by atoms with Crippen molar-refractivity contribution in [2.45, 2.75) is 39.0 Å². The number of hydrogen-bond acceptors (Lipinski definition) is 4. The Labute approximate surface area is 175 Å². The summed E-state index contributed by atoms with van der Waals surface area (Å²) in [6.45, 7) is 6.48. The summed E-state index contributed by atoms with van der Waals surface area (Å²) in [6.07, 6.45) is 5.76. The summed E-state index contributed by atoms with van der Waals surface area (Å²) in [5.41, 5.74) is 2.60. The van der Waals surface area contributed by atoms with Crippen molar-refractivity contribution in [3.63, 3.8) is 0 Å². The van der Waals surface area contributed by atoms with Gasteiger partial charge in [-0.3, -0.25) is 0 Å². The van der Waals surface area contributed by atoms with E-state index in [-0.39, 0.29) is 0 Å². The summed E-state index contributed by atoms with van der Waals surface area (Å²) >= 11 is 0. The largest absolute Gasteiger partial charge is 0.493 e. The molecule has 0 aromatic heterocycles. The van der Waals surface area contributed by atoms with Crippen LogP contribution in [0.15, 0.2) is 42.5 Å². The second-order valence-electron chi connectivity index (χ2n) is 7.82. The number of aryl methyl sites for hydroxylation is 1. The molecule has 1 aliphatic rings. The minimum absolute atomic E-state index is 0.779. The highest BCUT2D eigenvalue weighted by molar-refractivity contribution is 5.43. The number of benzene rings is 2. The summed E-state index contributed by atoms with van der Waals surface area (Å²) in [5, 5.41) is 0. The molecule has 2 aromatic rings. The third kappa shape index (κ3) is 6.14. The molecular weight excluding hydrogens is 362 g/mol. The maximum Gasteiger partial charge on any atom is 0.160 e. The fourth-order valence-electron chi connectivity index (χ4n) is 4.09. The second kappa shape index (κ2) is 11.1. The van der Waals surface area contributed by atoms with E-state index in [1.807, 2.05) is 6.07 Å². The fourth-order valence-corrected chi connectivity index (χ4v) is 4.09. The topological polar surface area (TPSA) is 30.9 Å². The van der Waals surface area contributed by atoms with Crippen LogP contribution < -0.4 is 14.2 Å². The van der Waals surface area contributed by atoms with Crippen LogP contribution in [-0.4, -0.2) is 45.4 Å². The van der Waals surface area contributed by atoms with Gasteiger partial charge in [-0.15, -0.1) is 0 Å². The zero-order valence-electron chi connectivity index (χ0n) is 18.2. The molecule has 0 atom stereocenters. The molecular formula is C25H35NO3. The molecule has 0 aliphatic carbocycles. The van der Waals surface area contributed by atoms with E-state index in [0.717, 1.165) is 55.6 Å². The summed E-state index contributed by atoms with van der Waals surface area (Å²) in [6, 6.07) is 14.6. The molecule has 0 unspecified atom stereocenters. The molecule has 0 N–H and O–H groups in total. The molecule has 2 aromatic carbocycles. The molecule has 158 valence electrons. The Morgan fingerprint density at radius 3 is 2.41 bits per heavy atom. The molecule has 0 bridgehead atoms. The lowest BCUT2D eigenvalue weighted by Gasteiger charge is -2.32. The lowest BCUT2D eigenvalue weighted by atomic mass is 9.93. The summed E-state index contributed by atoms with van der Waals surface area (Å²) in [4.78, 5) is 2.58. The first-order valence-corrected chi connectivity index (χ1v) is 10.9. The Balaban J connectivity index is 1.37.